The highest BCUT2D eigenvalue weighted by molar-refractivity contribution is 7.80. The van der Waals surface area contributed by atoms with E-state index in [1.54, 1.807) is 18.2 Å². The molecule has 4 rings (SSSR count). The highest BCUT2D eigenvalue weighted by Gasteiger charge is 2.16. The molecule has 0 aliphatic heterocycles. The maximum absolute atomic E-state index is 12.4. The monoisotopic (exact) mass is 485 g/mol. The Balaban J connectivity index is 1.55. The molecule has 0 fully saturated rings. The Morgan fingerprint density at radius 2 is 1.84 bits per heavy atom. The molecule has 0 saturated carbocycles. The number of nitrogens with one attached hydrogen (secondary N) is 2. The Morgan fingerprint density at radius 1 is 1.06 bits per heavy atom. The van der Waals surface area contributed by atoms with Crippen LogP contribution in [0.5, 0.6) is 5.75 Å². The first-order valence-electron chi connectivity index (χ1n) is 9.50. The predicted molar refractivity (Wildman–Crippen MR) is 131 cm³/mol. The summed E-state index contributed by atoms with van der Waals surface area (Å²) in [5.74, 6) is -0.160. The van der Waals surface area contributed by atoms with E-state index in [0.717, 1.165) is 11.1 Å². The number of amides is 1. The van der Waals surface area contributed by atoms with E-state index >= 15 is 0 Å². The summed E-state index contributed by atoms with van der Waals surface area (Å²) in [7, 11) is 0. The Labute approximate surface area is 199 Å². The number of phenolic OH excluding ortho intramolecular Hbond substituents is 1. The van der Waals surface area contributed by atoms with E-state index in [9.17, 15) is 9.90 Å². The fourth-order valence-electron chi connectivity index (χ4n) is 3.25. The van der Waals surface area contributed by atoms with Crippen molar-refractivity contribution in [2.24, 2.45) is 0 Å². The largest absolute Gasteiger partial charge is 0.507 e. The Hall–Kier alpha value is -3.13. The van der Waals surface area contributed by atoms with Gasteiger partial charge in [0.25, 0.3) is 5.91 Å². The lowest BCUT2D eigenvalue weighted by Gasteiger charge is -2.11. The number of thiocarbonyl (C=S) groups is 1. The van der Waals surface area contributed by atoms with Crippen LogP contribution in [0, 0.1) is 13.8 Å². The van der Waals surface area contributed by atoms with Crippen molar-refractivity contribution >= 4 is 63.2 Å². The van der Waals surface area contributed by atoms with Crippen molar-refractivity contribution in [3.63, 3.8) is 0 Å². The molecule has 0 radical (unpaired) electrons. The van der Waals surface area contributed by atoms with E-state index < -0.39 is 5.91 Å². The van der Waals surface area contributed by atoms with Gasteiger partial charge in [0, 0.05) is 11.3 Å². The number of fused-ring (bicyclic) bond motifs is 1. The van der Waals surface area contributed by atoms with Crippen molar-refractivity contribution in [3.8, 4) is 17.2 Å². The molecule has 3 N–H and O–H groups in total. The predicted octanol–water partition coefficient (Wildman–Crippen LogP) is 6.25. The van der Waals surface area contributed by atoms with E-state index in [-0.39, 0.29) is 21.8 Å². The van der Waals surface area contributed by atoms with Gasteiger partial charge >= 0.3 is 0 Å². The summed E-state index contributed by atoms with van der Waals surface area (Å²) in [6.07, 6.45) is 0. The zero-order valence-corrected chi connectivity index (χ0v) is 19.3. The number of carbonyl (C=O) groups excluding carboxylic acids is 1. The minimum atomic E-state index is -0.440. The quantitative estimate of drug-likeness (QED) is 0.234. The first-order valence-corrected chi connectivity index (χ1v) is 10.7. The number of hydrogen-bond acceptors (Lipinski definition) is 5. The second-order valence-corrected chi connectivity index (χ2v) is 8.44. The molecule has 162 valence electrons. The second-order valence-electron chi connectivity index (χ2n) is 7.22. The highest BCUT2D eigenvalue weighted by Crippen LogP contribution is 2.34. The van der Waals surface area contributed by atoms with Gasteiger partial charge in [0.15, 0.2) is 10.7 Å². The molecule has 4 aromatic rings. The van der Waals surface area contributed by atoms with Crippen molar-refractivity contribution in [2.75, 3.05) is 5.32 Å². The number of aromatic nitrogens is 1. The molecule has 0 atom stereocenters. The first kappa shape index (κ1) is 22.1. The molecule has 0 spiro atoms. The third-order valence-electron chi connectivity index (χ3n) is 4.71. The number of phenols is 1. The molecule has 6 nitrogen and oxygen atoms in total. The van der Waals surface area contributed by atoms with Crippen molar-refractivity contribution in [1.29, 1.82) is 0 Å². The average molecular weight is 486 g/mol. The van der Waals surface area contributed by atoms with Crippen LogP contribution in [-0.4, -0.2) is 21.1 Å². The molecule has 1 heterocycles. The van der Waals surface area contributed by atoms with E-state index in [4.69, 9.17) is 39.8 Å². The number of aromatic hydroxyl groups is 1. The first-order chi connectivity index (χ1) is 15.2. The second kappa shape index (κ2) is 8.78. The average Bonchev–Trinajstić information content (AvgIpc) is 3.15. The van der Waals surface area contributed by atoms with Gasteiger partial charge in [-0.2, -0.15) is 0 Å². The lowest BCUT2D eigenvalue weighted by Crippen LogP contribution is -2.34. The van der Waals surface area contributed by atoms with Crippen LogP contribution in [0.4, 0.5) is 5.69 Å². The summed E-state index contributed by atoms with van der Waals surface area (Å²) < 4.78 is 5.90. The number of hydrogen-bond donors (Lipinski definition) is 3. The Morgan fingerprint density at radius 3 is 2.59 bits per heavy atom. The third kappa shape index (κ3) is 4.55. The van der Waals surface area contributed by atoms with Crippen LogP contribution in [-0.2, 0) is 0 Å². The van der Waals surface area contributed by atoms with Crippen LogP contribution >= 0.6 is 35.4 Å². The van der Waals surface area contributed by atoms with Gasteiger partial charge in [-0.05, 0) is 79.7 Å². The molecule has 0 saturated heterocycles. The molecular formula is C23H17Cl2N3O3S. The molecule has 0 aliphatic carbocycles. The smallest absolute Gasteiger partial charge is 0.257 e. The normalized spacial score (nSPS) is 10.9. The maximum atomic E-state index is 12.4. The van der Waals surface area contributed by atoms with Gasteiger partial charge in [-0.1, -0.05) is 29.3 Å². The molecule has 9 heteroatoms. The number of benzene rings is 3. The SMILES string of the molecule is Cc1cc(C)c2oc(-c3cc(NC(=S)NC(=O)c4ccc(Cl)c(Cl)c4)ccc3O)nc2c1. The lowest BCUT2D eigenvalue weighted by molar-refractivity contribution is 0.0977. The molecule has 32 heavy (non-hydrogen) atoms. The number of halogens is 2. The summed E-state index contributed by atoms with van der Waals surface area (Å²) in [4.78, 5) is 16.9. The summed E-state index contributed by atoms with van der Waals surface area (Å²) >= 11 is 17.1. The Bertz CT molecular complexity index is 1380. The van der Waals surface area contributed by atoms with Crippen LogP contribution in [0.25, 0.3) is 22.6 Å². The summed E-state index contributed by atoms with van der Waals surface area (Å²) in [6.45, 7) is 3.92. The molecular weight excluding hydrogens is 469 g/mol. The van der Waals surface area contributed by atoms with Gasteiger partial charge in [-0.25, -0.2) is 4.98 Å². The number of nitrogens with zero attached hydrogens (tertiary/aromatic N) is 1. The van der Waals surface area contributed by atoms with E-state index in [0.29, 0.717) is 32.9 Å². The van der Waals surface area contributed by atoms with Gasteiger partial charge < -0.3 is 14.8 Å². The fraction of sp³-hybridized carbons (Fsp3) is 0.0870. The molecule has 1 amide bonds. The zero-order chi connectivity index (χ0) is 23.0. The van der Waals surface area contributed by atoms with Crippen molar-refractivity contribution < 1.29 is 14.3 Å². The van der Waals surface area contributed by atoms with Crippen LogP contribution in [0.1, 0.15) is 21.5 Å². The maximum Gasteiger partial charge on any atom is 0.257 e. The van der Waals surface area contributed by atoms with Gasteiger partial charge in [-0.3, -0.25) is 10.1 Å². The van der Waals surface area contributed by atoms with Crippen molar-refractivity contribution in [2.45, 2.75) is 13.8 Å². The molecule has 3 aromatic carbocycles. The minimum Gasteiger partial charge on any atom is -0.507 e. The van der Waals surface area contributed by atoms with E-state index in [2.05, 4.69) is 15.6 Å². The minimum absolute atomic E-state index is 0.00208. The molecule has 0 unspecified atom stereocenters. The van der Waals surface area contributed by atoms with Crippen LogP contribution in [0.3, 0.4) is 0 Å². The summed E-state index contributed by atoms with van der Waals surface area (Å²) in [5, 5.41) is 16.6. The number of rotatable bonds is 3. The topological polar surface area (TPSA) is 87.4 Å². The van der Waals surface area contributed by atoms with Gasteiger partial charge in [0.1, 0.15) is 11.3 Å². The molecule has 0 bridgehead atoms. The van der Waals surface area contributed by atoms with Crippen LogP contribution in [0.15, 0.2) is 52.9 Å². The van der Waals surface area contributed by atoms with Crippen LogP contribution < -0.4 is 10.6 Å². The molecule has 1 aromatic heterocycles. The standard InChI is InChI=1S/C23H17Cl2N3O3S/c1-11-7-12(2)20-18(8-11)27-22(31-20)15-10-14(4-6-19(15)29)26-23(32)28-21(30)13-3-5-16(24)17(25)9-13/h3-10,29H,1-2H3,(H2,26,28,30,32). The number of anilines is 1. The van der Waals surface area contributed by atoms with Crippen molar-refractivity contribution in [3.05, 3.63) is 75.3 Å². The fourth-order valence-corrected chi connectivity index (χ4v) is 3.76. The van der Waals surface area contributed by atoms with Crippen LogP contribution in [0.2, 0.25) is 10.0 Å². The van der Waals surface area contributed by atoms with Gasteiger partial charge in [0.2, 0.25) is 5.89 Å². The summed E-state index contributed by atoms with van der Waals surface area (Å²) in [6, 6.07) is 13.2. The highest BCUT2D eigenvalue weighted by atomic mass is 35.5. The number of aryl methyl sites for hydroxylation is 2. The number of oxazole rings is 1. The summed E-state index contributed by atoms with van der Waals surface area (Å²) in [5.41, 5.74) is 4.63. The number of carbonyl (C=O) groups is 1. The van der Waals surface area contributed by atoms with E-state index in [1.165, 1.54) is 18.2 Å². The lowest BCUT2D eigenvalue weighted by atomic mass is 10.1. The molecule has 0 aliphatic rings. The van der Waals surface area contributed by atoms with Crippen molar-refractivity contribution in [1.82, 2.24) is 10.3 Å². The van der Waals surface area contributed by atoms with Gasteiger partial charge in [-0.15, -0.1) is 0 Å². The zero-order valence-electron chi connectivity index (χ0n) is 17.0. The van der Waals surface area contributed by atoms with E-state index in [1.807, 2.05) is 26.0 Å². The third-order valence-corrected chi connectivity index (χ3v) is 5.66. The van der Waals surface area contributed by atoms with Gasteiger partial charge in [0.05, 0.1) is 15.6 Å². The Kier molecular flexibility index (Phi) is 6.06.